The monoisotopic (exact) mass is 300 g/mol. The van der Waals surface area contributed by atoms with Gasteiger partial charge in [-0.3, -0.25) is 4.79 Å². The zero-order valence-electron chi connectivity index (χ0n) is 12.2. The van der Waals surface area contributed by atoms with Crippen molar-refractivity contribution in [1.82, 2.24) is 0 Å². The summed E-state index contributed by atoms with van der Waals surface area (Å²) in [6.07, 6.45) is 2.94. The Labute approximate surface area is 128 Å². The maximum atomic E-state index is 12.1. The third kappa shape index (κ3) is 3.20. The Morgan fingerprint density at radius 2 is 1.64 bits per heavy atom. The van der Waals surface area contributed by atoms with Gasteiger partial charge in [0, 0.05) is 0 Å². The third-order valence-electron chi connectivity index (χ3n) is 3.14. The minimum atomic E-state index is -0.497. The number of allylic oxidation sites excluding steroid dienone is 1. The molecule has 0 radical (unpaired) electrons. The number of rotatable bonds is 5. The number of phenolic OH excluding ortho intramolecular Hbond substituents is 2. The molecule has 0 aliphatic heterocycles. The van der Waals surface area contributed by atoms with Crippen LogP contribution in [0.5, 0.6) is 23.0 Å². The smallest absolute Gasteiger partial charge is 0.201 e. The van der Waals surface area contributed by atoms with E-state index in [1.807, 2.05) is 0 Å². The van der Waals surface area contributed by atoms with Gasteiger partial charge in [0.25, 0.3) is 0 Å². The second-order valence-corrected chi connectivity index (χ2v) is 4.48. The first kappa shape index (κ1) is 15.4. The molecular formula is C17H16O5. The molecule has 2 aromatic carbocycles. The molecule has 5 nitrogen and oxygen atoms in total. The minimum Gasteiger partial charge on any atom is -0.504 e. The Balaban J connectivity index is 2.21. The molecule has 0 aliphatic rings. The summed E-state index contributed by atoms with van der Waals surface area (Å²) in [5.41, 5.74) is 0.814. The fraction of sp³-hybridized carbons (Fsp3) is 0.118. The highest BCUT2D eigenvalue weighted by molar-refractivity contribution is 6.09. The fourth-order valence-electron chi connectivity index (χ4n) is 1.90. The molecule has 0 atom stereocenters. The standard InChI is InChI=1S/C17H16O5/c1-21-12-6-3-11(4-7-12)5-9-14(18)13-8-10-15(22-2)17(20)16(13)19/h3-10,19-20H,1-2H3/b9-5+. The summed E-state index contributed by atoms with van der Waals surface area (Å²) in [6, 6.07) is 9.97. The van der Waals surface area contributed by atoms with Crippen molar-refractivity contribution in [2.75, 3.05) is 14.2 Å². The Bertz CT molecular complexity index is 702. The van der Waals surface area contributed by atoms with E-state index in [0.717, 1.165) is 11.3 Å². The number of benzene rings is 2. The quantitative estimate of drug-likeness (QED) is 0.504. The Morgan fingerprint density at radius 3 is 2.23 bits per heavy atom. The van der Waals surface area contributed by atoms with Gasteiger partial charge in [-0.1, -0.05) is 18.2 Å². The van der Waals surface area contributed by atoms with Crippen LogP contribution in [-0.4, -0.2) is 30.2 Å². The van der Waals surface area contributed by atoms with Gasteiger partial charge >= 0.3 is 0 Å². The number of methoxy groups -OCH3 is 2. The summed E-state index contributed by atoms with van der Waals surface area (Å²) < 4.78 is 9.91. The zero-order valence-corrected chi connectivity index (χ0v) is 12.2. The van der Waals surface area contributed by atoms with E-state index < -0.39 is 17.3 Å². The Kier molecular flexibility index (Phi) is 4.68. The maximum absolute atomic E-state index is 12.1. The lowest BCUT2D eigenvalue weighted by Gasteiger charge is -2.07. The number of carbonyl (C=O) groups is 1. The molecule has 22 heavy (non-hydrogen) atoms. The summed E-state index contributed by atoms with van der Waals surface area (Å²) in [7, 11) is 2.94. The molecule has 0 saturated carbocycles. The van der Waals surface area contributed by atoms with Crippen molar-refractivity contribution in [1.29, 1.82) is 0 Å². The normalized spacial score (nSPS) is 10.6. The molecule has 5 heteroatoms. The van der Waals surface area contributed by atoms with Gasteiger partial charge < -0.3 is 19.7 Å². The van der Waals surface area contributed by atoms with E-state index in [1.54, 1.807) is 37.5 Å². The van der Waals surface area contributed by atoms with Crippen LogP contribution in [-0.2, 0) is 0 Å². The average molecular weight is 300 g/mol. The largest absolute Gasteiger partial charge is 0.504 e. The van der Waals surface area contributed by atoms with Crippen molar-refractivity contribution in [3.8, 4) is 23.0 Å². The molecule has 114 valence electrons. The van der Waals surface area contributed by atoms with E-state index in [2.05, 4.69) is 0 Å². The first-order valence-corrected chi connectivity index (χ1v) is 6.52. The number of hydrogen-bond acceptors (Lipinski definition) is 5. The molecule has 0 bridgehead atoms. The molecule has 2 N–H and O–H groups in total. The number of ether oxygens (including phenoxy) is 2. The SMILES string of the molecule is COc1ccc(/C=C/C(=O)c2ccc(OC)c(O)c2O)cc1. The highest BCUT2D eigenvalue weighted by Gasteiger charge is 2.15. The van der Waals surface area contributed by atoms with Gasteiger partial charge in [0.15, 0.2) is 17.3 Å². The van der Waals surface area contributed by atoms with Crippen molar-refractivity contribution >= 4 is 11.9 Å². The Morgan fingerprint density at radius 1 is 0.955 bits per heavy atom. The number of phenols is 2. The molecule has 2 rings (SSSR count). The second-order valence-electron chi connectivity index (χ2n) is 4.48. The van der Waals surface area contributed by atoms with Crippen molar-refractivity contribution in [2.24, 2.45) is 0 Å². The average Bonchev–Trinajstić information content (AvgIpc) is 2.55. The van der Waals surface area contributed by atoms with Crippen LogP contribution in [0.3, 0.4) is 0 Å². The Hall–Kier alpha value is -2.95. The molecule has 2 aromatic rings. The first-order valence-electron chi connectivity index (χ1n) is 6.52. The predicted octanol–water partition coefficient (Wildman–Crippen LogP) is 3.01. The van der Waals surface area contributed by atoms with Gasteiger partial charge in [-0.05, 0) is 35.9 Å². The third-order valence-corrected chi connectivity index (χ3v) is 3.14. The van der Waals surface area contributed by atoms with Crippen molar-refractivity contribution in [2.45, 2.75) is 0 Å². The molecule has 0 saturated heterocycles. The summed E-state index contributed by atoms with van der Waals surface area (Å²) in [5.74, 6) is -0.546. The molecular weight excluding hydrogens is 284 g/mol. The van der Waals surface area contributed by atoms with Crippen LogP contribution in [0.25, 0.3) is 6.08 Å². The van der Waals surface area contributed by atoms with Crippen LogP contribution in [0.2, 0.25) is 0 Å². The van der Waals surface area contributed by atoms with Crippen LogP contribution in [0.1, 0.15) is 15.9 Å². The number of carbonyl (C=O) groups excluding carboxylic acids is 1. The maximum Gasteiger partial charge on any atom is 0.201 e. The van der Waals surface area contributed by atoms with Gasteiger partial charge in [0.1, 0.15) is 5.75 Å². The number of hydrogen-bond donors (Lipinski definition) is 2. The van der Waals surface area contributed by atoms with Gasteiger partial charge in [-0.2, -0.15) is 0 Å². The van der Waals surface area contributed by atoms with Crippen molar-refractivity contribution in [3.63, 3.8) is 0 Å². The van der Waals surface area contributed by atoms with E-state index >= 15 is 0 Å². The van der Waals surface area contributed by atoms with E-state index in [1.165, 1.54) is 25.3 Å². The highest BCUT2D eigenvalue weighted by Crippen LogP contribution is 2.38. The van der Waals surface area contributed by atoms with E-state index in [4.69, 9.17) is 9.47 Å². The summed E-state index contributed by atoms with van der Waals surface area (Å²) in [6.45, 7) is 0. The van der Waals surface area contributed by atoms with E-state index in [9.17, 15) is 15.0 Å². The van der Waals surface area contributed by atoms with Gasteiger partial charge in [0.05, 0.1) is 19.8 Å². The van der Waals surface area contributed by atoms with Crippen LogP contribution >= 0.6 is 0 Å². The van der Waals surface area contributed by atoms with Crippen LogP contribution in [0.4, 0.5) is 0 Å². The lowest BCUT2D eigenvalue weighted by molar-refractivity contribution is 0.104. The predicted molar refractivity (Wildman–Crippen MR) is 82.7 cm³/mol. The van der Waals surface area contributed by atoms with E-state index in [-0.39, 0.29) is 11.3 Å². The fourth-order valence-corrected chi connectivity index (χ4v) is 1.90. The molecule has 0 aliphatic carbocycles. The molecule has 0 unspecified atom stereocenters. The van der Waals surface area contributed by atoms with Crippen LogP contribution < -0.4 is 9.47 Å². The lowest BCUT2D eigenvalue weighted by atomic mass is 10.1. The van der Waals surface area contributed by atoms with Gasteiger partial charge in [-0.25, -0.2) is 0 Å². The molecule has 0 fully saturated rings. The molecule has 0 aromatic heterocycles. The number of ketones is 1. The van der Waals surface area contributed by atoms with Crippen LogP contribution in [0, 0.1) is 0 Å². The van der Waals surface area contributed by atoms with Crippen molar-refractivity contribution < 1.29 is 24.5 Å². The number of aromatic hydroxyl groups is 2. The van der Waals surface area contributed by atoms with E-state index in [0.29, 0.717) is 0 Å². The summed E-state index contributed by atoms with van der Waals surface area (Å²) in [4.78, 5) is 12.1. The minimum absolute atomic E-state index is 0.00283. The topological polar surface area (TPSA) is 76.0 Å². The van der Waals surface area contributed by atoms with Gasteiger partial charge in [-0.15, -0.1) is 0 Å². The molecule has 0 amide bonds. The van der Waals surface area contributed by atoms with Crippen molar-refractivity contribution in [3.05, 3.63) is 53.6 Å². The summed E-state index contributed by atoms with van der Waals surface area (Å²) >= 11 is 0. The molecule has 0 spiro atoms. The highest BCUT2D eigenvalue weighted by atomic mass is 16.5. The first-order chi connectivity index (χ1) is 10.6. The van der Waals surface area contributed by atoms with Crippen LogP contribution in [0.15, 0.2) is 42.5 Å². The zero-order chi connectivity index (χ0) is 16.1. The summed E-state index contributed by atoms with van der Waals surface area (Å²) in [5, 5.41) is 19.5. The second kappa shape index (κ2) is 6.67. The van der Waals surface area contributed by atoms with Gasteiger partial charge in [0.2, 0.25) is 5.75 Å². The lowest BCUT2D eigenvalue weighted by Crippen LogP contribution is -1.96. The molecule has 0 heterocycles.